The Kier molecular flexibility index (Phi) is 3.76. The van der Waals surface area contributed by atoms with E-state index in [4.69, 9.17) is 8.94 Å². The number of nitrogens with zero attached hydrogens (tertiary/aromatic N) is 5. The molecule has 0 aliphatic rings. The van der Waals surface area contributed by atoms with Crippen LogP contribution in [0.1, 0.15) is 11.5 Å². The van der Waals surface area contributed by atoms with Gasteiger partial charge in [0.2, 0.25) is 0 Å². The molecule has 0 bridgehead atoms. The predicted octanol–water partition coefficient (Wildman–Crippen LogP) is 2.90. The third-order valence-corrected chi connectivity index (χ3v) is 3.54. The Bertz CT molecular complexity index is 948. The lowest BCUT2D eigenvalue weighted by molar-refractivity contribution is 0.298. The molecule has 7 nitrogen and oxygen atoms in total. The van der Waals surface area contributed by atoms with Gasteiger partial charge in [-0.15, -0.1) is 0 Å². The van der Waals surface area contributed by atoms with Crippen molar-refractivity contribution in [3.63, 3.8) is 0 Å². The minimum absolute atomic E-state index is 0.383. The van der Waals surface area contributed by atoms with Crippen molar-refractivity contribution < 1.29 is 8.94 Å². The Labute approximate surface area is 138 Å². The minimum Gasteiger partial charge on any atom is -0.459 e. The van der Waals surface area contributed by atoms with E-state index < -0.39 is 0 Å². The summed E-state index contributed by atoms with van der Waals surface area (Å²) in [5.74, 6) is 1.54. The molecule has 4 rings (SSSR count). The zero-order valence-corrected chi connectivity index (χ0v) is 13.1. The summed E-state index contributed by atoms with van der Waals surface area (Å²) in [4.78, 5) is 15.4. The quantitative estimate of drug-likeness (QED) is 0.559. The largest absolute Gasteiger partial charge is 0.459 e. The fraction of sp³-hybridized carbons (Fsp3) is 0.176. The van der Waals surface area contributed by atoms with Crippen LogP contribution >= 0.6 is 0 Å². The summed E-state index contributed by atoms with van der Waals surface area (Å²) in [6.45, 7) is 1.18. The molecule has 0 saturated heterocycles. The second-order valence-electron chi connectivity index (χ2n) is 5.52. The molecule has 0 unspecified atom stereocenters. The molecule has 1 aromatic carbocycles. The summed E-state index contributed by atoms with van der Waals surface area (Å²) in [6, 6.07) is 11.4. The molecular formula is C17H15N5O2. The van der Waals surface area contributed by atoms with Crippen molar-refractivity contribution in [2.45, 2.75) is 13.1 Å². The van der Waals surface area contributed by atoms with Crippen LogP contribution in [-0.4, -0.2) is 32.1 Å². The molecule has 0 N–H and O–H groups in total. The van der Waals surface area contributed by atoms with Gasteiger partial charge in [0.05, 0.1) is 35.7 Å². The maximum absolute atomic E-state index is 5.25. The Hall–Kier alpha value is -3.06. The van der Waals surface area contributed by atoms with Crippen LogP contribution in [0.4, 0.5) is 0 Å². The first-order chi connectivity index (χ1) is 11.8. The van der Waals surface area contributed by atoms with Gasteiger partial charge in [0.1, 0.15) is 0 Å². The zero-order chi connectivity index (χ0) is 16.4. The van der Waals surface area contributed by atoms with E-state index in [1.54, 1.807) is 24.6 Å². The normalized spacial score (nSPS) is 11.4. The van der Waals surface area contributed by atoms with E-state index in [-0.39, 0.29) is 0 Å². The Morgan fingerprint density at radius 2 is 1.88 bits per heavy atom. The highest BCUT2D eigenvalue weighted by Crippen LogP contribution is 2.17. The summed E-state index contributed by atoms with van der Waals surface area (Å²) in [5, 5.41) is 3.98. The molecule has 0 radical (unpaired) electrons. The molecule has 4 aromatic rings. The smallest absolute Gasteiger partial charge is 0.293 e. The Morgan fingerprint density at radius 3 is 2.71 bits per heavy atom. The van der Waals surface area contributed by atoms with E-state index in [2.05, 4.69) is 25.0 Å². The molecule has 0 amide bonds. The summed E-state index contributed by atoms with van der Waals surface area (Å²) in [5.41, 5.74) is 2.68. The molecule has 7 heteroatoms. The lowest BCUT2D eigenvalue weighted by Gasteiger charge is -2.13. The average Bonchev–Trinajstić information content (AvgIpc) is 3.26. The van der Waals surface area contributed by atoms with Crippen LogP contribution < -0.4 is 0 Å². The van der Waals surface area contributed by atoms with Gasteiger partial charge >= 0.3 is 0 Å². The Morgan fingerprint density at radius 1 is 1.00 bits per heavy atom. The minimum atomic E-state index is 0.383. The van der Waals surface area contributed by atoms with Crippen LogP contribution in [0, 0.1) is 0 Å². The van der Waals surface area contributed by atoms with E-state index in [1.165, 1.54) is 0 Å². The topological polar surface area (TPSA) is 81.1 Å². The van der Waals surface area contributed by atoms with Gasteiger partial charge in [-0.1, -0.05) is 17.3 Å². The number of furan rings is 1. The van der Waals surface area contributed by atoms with Crippen molar-refractivity contribution in [2.24, 2.45) is 0 Å². The standard InChI is InChI=1S/C17H15N5O2/c1-22(10-12-9-18-13-5-2-3-6-14(13)19-12)11-16-20-17(24-21-16)15-7-4-8-23-15/h2-9H,10-11H2,1H3. The lowest BCUT2D eigenvalue weighted by atomic mass is 10.3. The third kappa shape index (κ3) is 3.02. The van der Waals surface area contributed by atoms with Crippen molar-refractivity contribution in [3.8, 4) is 11.7 Å². The molecule has 3 aromatic heterocycles. The van der Waals surface area contributed by atoms with Gasteiger partial charge in [-0.3, -0.25) is 9.88 Å². The van der Waals surface area contributed by atoms with E-state index in [1.807, 2.05) is 31.3 Å². The number of rotatable bonds is 5. The lowest BCUT2D eigenvalue weighted by Crippen LogP contribution is -2.19. The zero-order valence-electron chi connectivity index (χ0n) is 13.1. The number of hydrogen-bond donors (Lipinski definition) is 0. The van der Waals surface area contributed by atoms with Crippen LogP contribution in [0.2, 0.25) is 0 Å². The van der Waals surface area contributed by atoms with E-state index in [9.17, 15) is 0 Å². The first-order valence-electron chi connectivity index (χ1n) is 7.53. The first kappa shape index (κ1) is 14.5. The average molecular weight is 321 g/mol. The van der Waals surface area contributed by atoms with Crippen LogP contribution in [0.3, 0.4) is 0 Å². The summed E-state index contributed by atoms with van der Waals surface area (Å²) < 4.78 is 10.5. The van der Waals surface area contributed by atoms with E-state index in [0.29, 0.717) is 30.6 Å². The van der Waals surface area contributed by atoms with Gasteiger partial charge in [0.25, 0.3) is 5.89 Å². The van der Waals surface area contributed by atoms with Gasteiger partial charge in [0, 0.05) is 6.54 Å². The van der Waals surface area contributed by atoms with Gasteiger partial charge in [-0.25, -0.2) is 4.98 Å². The molecule has 0 spiro atoms. The molecule has 0 aliphatic heterocycles. The van der Waals surface area contributed by atoms with Crippen LogP contribution in [0.5, 0.6) is 0 Å². The SMILES string of the molecule is CN(Cc1cnc2ccccc2n1)Cc1noc(-c2ccco2)n1. The van der Waals surface area contributed by atoms with E-state index in [0.717, 1.165) is 16.7 Å². The van der Waals surface area contributed by atoms with Gasteiger partial charge < -0.3 is 8.94 Å². The van der Waals surface area contributed by atoms with Crippen LogP contribution in [-0.2, 0) is 13.1 Å². The maximum atomic E-state index is 5.25. The number of aromatic nitrogens is 4. The maximum Gasteiger partial charge on any atom is 0.293 e. The van der Waals surface area contributed by atoms with Crippen molar-refractivity contribution in [3.05, 3.63) is 60.4 Å². The molecule has 0 aliphatic carbocycles. The highest BCUT2D eigenvalue weighted by atomic mass is 16.5. The summed E-state index contributed by atoms with van der Waals surface area (Å²) >= 11 is 0. The number of fused-ring (bicyclic) bond motifs is 1. The van der Waals surface area contributed by atoms with Gasteiger partial charge in [-0.05, 0) is 31.3 Å². The number of benzene rings is 1. The van der Waals surface area contributed by atoms with E-state index >= 15 is 0 Å². The predicted molar refractivity (Wildman–Crippen MR) is 86.7 cm³/mol. The highest BCUT2D eigenvalue weighted by Gasteiger charge is 2.13. The number of hydrogen-bond acceptors (Lipinski definition) is 7. The van der Waals surface area contributed by atoms with Crippen molar-refractivity contribution in [1.82, 2.24) is 25.0 Å². The Balaban J connectivity index is 1.45. The molecule has 0 fully saturated rings. The monoisotopic (exact) mass is 321 g/mol. The second kappa shape index (κ2) is 6.21. The van der Waals surface area contributed by atoms with Crippen molar-refractivity contribution in [1.29, 1.82) is 0 Å². The molecule has 3 heterocycles. The third-order valence-electron chi connectivity index (χ3n) is 3.54. The van der Waals surface area contributed by atoms with Crippen LogP contribution in [0.15, 0.2) is 57.8 Å². The van der Waals surface area contributed by atoms with Gasteiger partial charge in [-0.2, -0.15) is 4.98 Å². The van der Waals surface area contributed by atoms with Crippen molar-refractivity contribution in [2.75, 3.05) is 7.05 Å². The van der Waals surface area contributed by atoms with Crippen molar-refractivity contribution >= 4 is 11.0 Å². The van der Waals surface area contributed by atoms with Gasteiger partial charge in [0.15, 0.2) is 11.6 Å². The number of para-hydroxylation sites is 2. The fourth-order valence-corrected chi connectivity index (χ4v) is 2.46. The molecule has 120 valence electrons. The second-order valence-corrected chi connectivity index (χ2v) is 5.52. The molecule has 0 saturated carbocycles. The first-order valence-corrected chi connectivity index (χ1v) is 7.53. The van der Waals surface area contributed by atoms with Crippen LogP contribution in [0.25, 0.3) is 22.7 Å². The molecule has 0 atom stereocenters. The molecular weight excluding hydrogens is 306 g/mol. The summed E-state index contributed by atoms with van der Waals surface area (Å²) in [6.07, 6.45) is 3.37. The molecule has 24 heavy (non-hydrogen) atoms. The fourth-order valence-electron chi connectivity index (χ4n) is 2.46. The summed E-state index contributed by atoms with van der Waals surface area (Å²) in [7, 11) is 1.97. The highest BCUT2D eigenvalue weighted by molar-refractivity contribution is 5.73.